The van der Waals surface area contributed by atoms with Gasteiger partial charge in [-0.2, -0.15) is 0 Å². The van der Waals surface area contributed by atoms with Gasteiger partial charge in [0, 0.05) is 12.2 Å². The number of nitrogens with zero attached hydrogens (tertiary/aromatic N) is 1. The molecule has 0 radical (unpaired) electrons. The van der Waals surface area contributed by atoms with Crippen LogP contribution in [0, 0.1) is 5.82 Å². The third-order valence-corrected chi connectivity index (χ3v) is 3.87. The Labute approximate surface area is 134 Å². The van der Waals surface area contributed by atoms with E-state index < -0.39 is 11.9 Å². The average molecular weight is 367 g/mol. The van der Waals surface area contributed by atoms with Gasteiger partial charge in [-0.25, -0.2) is 4.39 Å². The fourth-order valence-corrected chi connectivity index (χ4v) is 2.66. The standard InChI is InChI=1S/C15H12BrFN2O3/c16-13-6-5-12(22-13)14(20)18-11-7-8-19(15(11)21)10-3-1-9(17)2-4-10/h1-6,11H,7-8H2,(H,18,20)/t11-/m0/s1. The van der Waals surface area contributed by atoms with E-state index in [0.717, 1.165) is 0 Å². The predicted molar refractivity (Wildman–Crippen MR) is 81.0 cm³/mol. The number of benzene rings is 1. The first-order valence-electron chi connectivity index (χ1n) is 6.68. The van der Waals surface area contributed by atoms with E-state index in [1.165, 1.54) is 23.1 Å². The van der Waals surface area contributed by atoms with Gasteiger partial charge in [0.1, 0.15) is 11.9 Å². The van der Waals surface area contributed by atoms with Gasteiger partial charge in [-0.3, -0.25) is 9.59 Å². The van der Waals surface area contributed by atoms with Gasteiger partial charge < -0.3 is 14.6 Å². The Hall–Kier alpha value is -2.15. The number of rotatable bonds is 3. The van der Waals surface area contributed by atoms with E-state index in [4.69, 9.17) is 4.42 Å². The molecule has 1 aromatic carbocycles. The second kappa shape index (κ2) is 5.92. The highest BCUT2D eigenvalue weighted by molar-refractivity contribution is 9.10. The summed E-state index contributed by atoms with van der Waals surface area (Å²) in [7, 11) is 0. The lowest BCUT2D eigenvalue weighted by Gasteiger charge is -2.17. The van der Waals surface area contributed by atoms with Gasteiger partial charge in [-0.05, 0) is 58.7 Å². The molecule has 0 unspecified atom stereocenters. The van der Waals surface area contributed by atoms with Crippen LogP contribution >= 0.6 is 15.9 Å². The Morgan fingerprint density at radius 3 is 2.64 bits per heavy atom. The maximum absolute atomic E-state index is 12.9. The van der Waals surface area contributed by atoms with Crippen molar-refractivity contribution in [3.8, 4) is 0 Å². The summed E-state index contributed by atoms with van der Waals surface area (Å²) in [5.74, 6) is -0.876. The summed E-state index contributed by atoms with van der Waals surface area (Å²) >= 11 is 3.12. The van der Waals surface area contributed by atoms with Crippen molar-refractivity contribution < 1.29 is 18.4 Å². The number of halogens is 2. The van der Waals surface area contributed by atoms with Gasteiger partial charge in [0.25, 0.3) is 5.91 Å². The van der Waals surface area contributed by atoms with E-state index >= 15 is 0 Å². The summed E-state index contributed by atoms with van der Waals surface area (Å²) in [4.78, 5) is 25.9. The monoisotopic (exact) mass is 366 g/mol. The number of hydrogen-bond donors (Lipinski definition) is 1. The molecule has 2 amide bonds. The van der Waals surface area contributed by atoms with Crippen LogP contribution in [0.15, 0.2) is 45.5 Å². The van der Waals surface area contributed by atoms with Crippen molar-refractivity contribution in [1.29, 1.82) is 0 Å². The normalized spacial score (nSPS) is 17.8. The molecule has 22 heavy (non-hydrogen) atoms. The van der Waals surface area contributed by atoms with Crippen molar-refractivity contribution in [2.45, 2.75) is 12.5 Å². The van der Waals surface area contributed by atoms with Gasteiger partial charge >= 0.3 is 0 Å². The van der Waals surface area contributed by atoms with Crippen LogP contribution < -0.4 is 10.2 Å². The second-order valence-corrected chi connectivity index (χ2v) is 5.67. The van der Waals surface area contributed by atoms with Crippen LogP contribution in [0.2, 0.25) is 0 Å². The molecule has 1 saturated heterocycles. The quantitative estimate of drug-likeness (QED) is 0.908. The Kier molecular flexibility index (Phi) is 3.98. The molecule has 1 aromatic heterocycles. The molecule has 114 valence electrons. The van der Waals surface area contributed by atoms with Crippen molar-refractivity contribution >= 4 is 33.4 Å². The molecule has 3 rings (SSSR count). The van der Waals surface area contributed by atoms with Crippen LogP contribution in [0.25, 0.3) is 0 Å². The van der Waals surface area contributed by atoms with Crippen molar-refractivity contribution in [3.63, 3.8) is 0 Å². The molecular weight excluding hydrogens is 355 g/mol. The Bertz CT molecular complexity index is 714. The molecule has 2 aromatic rings. The molecule has 0 saturated carbocycles. The van der Waals surface area contributed by atoms with Crippen LogP contribution in [0.1, 0.15) is 17.0 Å². The van der Waals surface area contributed by atoms with Gasteiger partial charge in [0.2, 0.25) is 5.91 Å². The van der Waals surface area contributed by atoms with E-state index in [2.05, 4.69) is 21.2 Å². The van der Waals surface area contributed by atoms with Gasteiger partial charge in [0.15, 0.2) is 10.4 Å². The Balaban J connectivity index is 1.68. The summed E-state index contributed by atoms with van der Waals surface area (Å²) in [5, 5.41) is 2.65. The van der Waals surface area contributed by atoms with Crippen LogP contribution in [0.5, 0.6) is 0 Å². The zero-order valence-corrected chi connectivity index (χ0v) is 13.0. The zero-order chi connectivity index (χ0) is 15.7. The Morgan fingerprint density at radius 1 is 1.27 bits per heavy atom. The van der Waals surface area contributed by atoms with E-state index in [-0.39, 0.29) is 17.5 Å². The lowest BCUT2D eigenvalue weighted by molar-refractivity contribution is -0.118. The molecule has 2 heterocycles. The second-order valence-electron chi connectivity index (χ2n) is 4.88. The lowest BCUT2D eigenvalue weighted by Crippen LogP contribution is -2.41. The largest absolute Gasteiger partial charge is 0.444 e. The number of amides is 2. The van der Waals surface area contributed by atoms with Crippen LogP contribution in [-0.2, 0) is 4.79 Å². The molecule has 1 aliphatic rings. The highest BCUT2D eigenvalue weighted by Gasteiger charge is 2.34. The topological polar surface area (TPSA) is 62.6 Å². The first kappa shape index (κ1) is 14.8. The SMILES string of the molecule is O=C(N[C@H]1CCN(c2ccc(F)cc2)C1=O)c1ccc(Br)o1. The minimum Gasteiger partial charge on any atom is -0.444 e. The smallest absolute Gasteiger partial charge is 0.287 e. The number of carbonyl (C=O) groups excluding carboxylic acids is 2. The minimum absolute atomic E-state index is 0.139. The molecule has 7 heteroatoms. The number of nitrogens with one attached hydrogen (secondary N) is 1. The first-order valence-corrected chi connectivity index (χ1v) is 7.47. The summed E-state index contributed by atoms with van der Waals surface area (Å²) in [6.45, 7) is 0.470. The van der Waals surface area contributed by atoms with E-state index in [0.29, 0.717) is 23.3 Å². The van der Waals surface area contributed by atoms with E-state index in [9.17, 15) is 14.0 Å². The molecular formula is C15H12BrFN2O3. The summed E-state index contributed by atoms with van der Waals surface area (Å²) < 4.78 is 18.5. The first-order chi connectivity index (χ1) is 10.5. The van der Waals surface area contributed by atoms with Gasteiger partial charge in [0.05, 0.1) is 0 Å². The molecule has 0 spiro atoms. The third-order valence-electron chi connectivity index (χ3n) is 3.45. The summed E-state index contributed by atoms with van der Waals surface area (Å²) in [5.41, 5.74) is 0.615. The summed E-state index contributed by atoms with van der Waals surface area (Å²) in [6, 6.07) is 8.21. The average Bonchev–Trinajstić information content (AvgIpc) is 3.08. The lowest BCUT2D eigenvalue weighted by atomic mass is 10.2. The van der Waals surface area contributed by atoms with Crippen molar-refractivity contribution in [2.75, 3.05) is 11.4 Å². The van der Waals surface area contributed by atoms with Gasteiger partial charge in [-0.1, -0.05) is 0 Å². The fraction of sp³-hybridized carbons (Fsp3) is 0.200. The Morgan fingerprint density at radius 2 is 2.00 bits per heavy atom. The van der Waals surface area contributed by atoms with Gasteiger partial charge in [-0.15, -0.1) is 0 Å². The predicted octanol–water partition coefficient (Wildman–Crippen LogP) is 2.72. The summed E-state index contributed by atoms with van der Waals surface area (Å²) in [6.07, 6.45) is 0.490. The van der Waals surface area contributed by atoms with Crippen LogP contribution in [-0.4, -0.2) is 24.4 Å². The van der Waals surface area contributed by atoms with E-state index in [1.54, 1.807) is 18.2 Å². The highest BCUT2D eigenvalue weighted by Crippen LogP contribution is 2.22. The van der Waals surface area contributed by atoms with E-state index in [1.807, 2.05) is 0 Å². The third kappa shape index (κ3) is 2.89. The number of carbonyl (C=O) groups is 2. The maximum atomic E-state index is 12.9. The minimum atomic E-state index is -0.610. The van der Waals surface area contributed by atoms with Crippen LogP contribution in [0.3, 0.4) is 0 Å². The molecule has 0 bridgehead atoms. The maximum Gasteiger partial charge on any atom is 0.287 e. The zero-order valence-electron chi connectivity index (χ0n) is 11.4. The number of furan rings is 1. The highest BCUT2D eigenvalue weighted by atomic mass is 79.9. The molecule has 1 aliphatic heterocycles. The molecule has 5 nitrogen and oxygen atoms in total. The fourth-order valence-electron chi connectivity index (χ4n) is 2.36. The van der Waals surface area contributed by atoms with Crippen molar-refractivity contribution in [3.05, 3.63) is 52.6 Å². The number of anilines is 1. The van der Waals surface area contributed by atoms with Crippen molar-refractivity contribution in [2.24, 2.45) is 0 Å². The molecule has 1 atom stereocenters. The van der Waals surface area contributed by atoms with Crippen LogP contribution in [0.4, 0.5) is 10.1 Å². The molecule has 1 N–H and O–H groups in total. The van der Waals surface area contributed by atoms with Crippen molar-refractivity contribution in [1.82, 2.24) is 5.32 Å². The number of hydrogen-bond acceptors (Lipinski definition) is 3. The molecule has 0 aliphatic carbocycles. The molecule has 1 fully saturated rings.